The van der Waals surface area contributed by atoms with Crippen molar-refractivity contribution in [1.29, 1.82) is 0 Å². The van der Waals surface area contributed by atoms with Gasteiger partial charge in [-0.15, -0.1) is 0 Å². The zero-order valence-electron chi connectivity index (χ0n) is 9.84. The lowest BCUT2D eigenvalue weighted by atomic mass is 9.84. The third kappa shape index (κ3) is 3.58. The topological polar surface area (TPSA) is 38.9 Å². The predicted octanol–water partition coefficient (Wildman–Crippen LogP) is 3.07. The Morgan fingerprint density at radius 1 is 1.47 bits per heavy atom. The maximum atomic E-state index is 6.14. The van der Waals surface area contributed by atoms with Crippen molar-refractivity contribution in [2.24, 2.45) is 11.1 Å². The molecule has 1 heterocycles. The van der Waals surface area contributed by atoms with E-state index in [1.807, 2.05) is 6.20 Å². The van der Waals surface area contributed by atoms with Gasteiger partial charge in [0.15, 0.2) is 0 Å². The summed E-state index contributed by atoms with van der Waals surface area (Å²) in [5.74, 6) is 0. The van der Waals surface area contributed by atoms with Crippen molar-refractivity contribution >= 4 is 15.9 Å². The van der Waals surface area contributed by atoms with Crippen LogP contribution in [0.25, 0.3) is 0 Å². The van der Waals surface area contributed by atoms with Crippen LogP contribution in [0.4, 0.5) is 0 Å². The van der Waals surface area contributed by atoms with E-state index >= 15 is 0 Å². The van der Waals surface area contributed by atoms with E-state index in [9.17, 15) is 0 Å². The quantitative estimate of drug-likeness (QED) is 0.897. The maximum absolute atomic E-state index is 6.14. The van der Waals surface area contributed by atoms with E-state index in [0.717, 1.165) is 16.6 Å². The molecule has 84 valence electrons. The van der Waals surface area contributed by atoms with Crippen molar-refractivity contribution in [3.63, 3.8) is 0 Å². The highest BCUT2D eigenvalue weighted by atomic mass is 79.9. The zero-order chi connectivity index (χ0) is 11.6. The van der Waals surface area contributed by atoms with Crippen molar-refractivity contribution in [2.45, 2.75) is 40.2 Å². The lowest BCUT2D eigenvalue weighted by Crippen LogP contribution is -2.37. The number of rotatable bonds is 2. The van der Waals surface area contributed by atoms with Crippen LogP contribution in [0, 0.1) is 12.3 Å². The molecule has 2 nitrogen and oxygen atoms in total. The number of halogens is 1. The van der Waals surface area contributed by atoms with E-state index in [1.165, 1.54) is 5.56 Å². The van der Waals surface area contributed by atoms with Crippen LogP contribution in [0.5, 0.6) is 0 Å². The van der Waals surface area contributed by atoms with Crippen molar-refractivity contribution in [3.05, 3.63) is 28.0 Å². The third-order valence-electron chi connectivity index (χ3n) is 2.68. The molecule has 15 heavy (non-hydrogen) atoms. The minimum Gasteiger partial charge on any atom is -0.327 e. The first-order valence-corrected chi connectivity index (χ1v) is 5.96. The van der Waals surface area contributed by atoms with Gasteiger partial charge in [0.25, 0.3) is 0 Å². The van der Waals surface area contributed by atoms with E-state index in [0.29, 0.717) is 0 Å². The molecule has 1 aromatic heterocycles. The lowest BCUT2D eigenvalue weighted by molar-refractivity contribution is 0.316. The molecule has 0 bridgehead atoms. The monoisotopic (exact) mass is 270 g/mol. The molecule has 1 unspecified atom stereocenters. The van der Waals surface area contributed by atoms with Gasteiger partial charge in [-0.05, 0) is 39.9 Å². The minimum atomic E-state index is 0.126. The number of nitrogens with two attached hydrogens (primary N) is 1. The largest absolute Gasteiger partial charge is 0.327 e. The Morgan fingerprint density at radius 2 is 2.07 bits per heavy atom. The highest BCUT2D eigenvalue weighted by molar-refractivity contribution is 9.10. The van der Waals surface area contributed by atoms with Crippen molar-refractivity contribution in [3.8, 4) is 0 Å². The van der Waals surface area contributed by atoms with E-state index in [4.69, 9.17) is 5.73 Å². The standard InChI is InChI=1S/C12H19BrN2/c1-8-5-9(13)7-15-10(8)6-11(14)12(2,3)4/h5,7,11H,6,14H2,1-4H3. The molecule has 0 amide bonds. The van der Waals surface area contributed by atoms with Gasteiger partial charge in [-0.2, -0.15) is 0 Å². The summed E-state index contributed by atoms with van der Waals surface area (Å²) in [5, 5.41) is 0. The summed E-state index contributed by atoms with van der Waals surface area (Å²) >= 11 is 3.41. The summed E-state index contributed by atoms with van der Waals surface area (Å²) in [6.45, 7) is 8.55. The van der Waals surface area contributed by atoms with Crippen LogP contribution in [-0.2, 0) is 6.42 Å². The molecule has 0 spiro atoms. The molecular weight excluding hydrogens is 252 g/mol. The van der Waals surface area contributed by atoms with Crippen LogP contribution >= 0.6 is 15.9 Å². The zero-order valence-corrected chi connectivity index (χ0v) is 11.4. The molecule has 1 atom stereocenters. The minimum absolute atomic E-state index is 0.126. The van der Waals surface area contributed by atoms with Crippen LogP contribution in [0.15, 0.2) is 16.7 Å². The van der Waals surface area contributed by atoms with Crippen molar-refractivity contribution in [2.75, 3.05) is 0 Å². The Kier molecular flexibility index (Phi) is 3.90. The van der Waals surface area contributed by atoms with Gasteiger partial charge < -0.3 is 5.73 Å². The van der Waals surface area contributed by atoms with Gasteiger partial charge in [-0.1, -0.05) is 20.8 Å². The maximum Gasteiger partial charge on any atom is 0.0449 e. The highest BCUT2D eigenvalue weighted by Gasteiger charge is 2.21. The van der Waals surface area contributed by atoms with Gasteiger partial charge in [0.1, 0.15) is 0 Å². The summed E-state index contributed by atoms with van der Waals surface area (Å²) in [7, 11) is 0. The average molecular weight is 271 g/mol. The molecule has 0 aliphatic heterocycles. The van der Waals surface area contributed by atoms with Crippen LogP contribution < -0.4 is 5.73 Å². The fourth-order valence-electron chi connectivity index (χ4n) is 1.30. The van der Waals surface area contributed by atoms with E-state index in [-0.39, 0.29) is 11.5 Å². The number of aromatic nitrogens is 1. The van der Waals surface area contributed by atoms with Crippen LogP contribution in [0.1, 0.15) is 32.0 Å². The first kappa shape index (κ1) is 12.7. The predicted molar refractivity (Wildman–Crippen MR) is 67.8 cm³/mol. The number of hydrogen-bond acceptors (Lipinski definition) is 2. The van der Waals surface area contributed by atoms with Crippen LogP contribution in [0.2, 0.25) is 0 Å². The second-order valence-corrected chi connectivity index (χ2v) is 6.01. The molecule has 0 aliphatic carbocycles. The summed E-state index contributed by atoms with van der Waals surface area (Å²) < 4.78 is 1.02. The molecule has 3 heteroatoms. The van der Waals surface area contributed by atoms with Crippen LogP contribution in [-0.4, -0.2) is 11.0 Å². The summed E-state index contributed by atoms with van der Waals surface area (Å²) in [6.07, 6.45) is 2.67. The number of pyridine rings is 1. The molecule has 1 aromatic rings. The van der Waals surface area contributed by atoms with Gasteiger partial charge in [-0.3, -0.25) is 4.98 Å². The first-order chi connectivity index (χ1) is 6.80. The van der Waals surface area contributed by atoms with E-state index < -0.39 is 0 Å². The lowest BCUT2D eigenvalue weighted by Gasteiger charge is -2.27. The highest BCUT2D eigenvalue weighted by Crippen LogP contribution is 2.22. The SMILES string of the molecule is Cc1cc(Br)cnc1CC(N)C(C)(C)C. The second kappa shape index (κ2) is 4.62. The molecular formula is C12H19BrN2. The van der Waals surface area contributed by atoms with Gasteiger partial charge in [0.2, 0.25) is 0 Å². The fourth-order valence-corrected chi connectivity index (χ4v) is 1.74. The van der Waals surface area contributed by atoms with Gasteiger partial charge in [-0.25, -0.2) is 0 Å². The third-order valence-corrected chi connectivity index (χ3v) is 3.11. The molecule has 0 saturated carbocycles. The first-order valence-electron chi connectivity index (χ1n) is 5.17. The Hall–Kier alpha value is -0.410. The smallest absolute Gasteiger partial charge is 0.0449 e. The number of hydrogen-bond donors (Lipinski definition) is 1. The molecule has 0 aromatic carbocycles. The summed E-state index contributed by atoms with van der Waals surface area (Å²) in [5.41, 5.74) is 8.56. The fraction of sp³-hybridized carbons (Fsp3) is 0.583. The average Bonchev–Trinajstić information content (AvgIpc) is 2.08. The molecule has 0 aliphatic rings. The van der Waals surface area contributed by atoms with Crippen LogP contribution in [0.3, 0.4) is 0 Å². The van der Waals surface area contributed by atoms with Crippen molar-refractivity contribution < 1.29 is 0 Å². The second-order valence-electron chi connectivity index (χ2n) is 5.09. The molecule has 1 rings (SSSR count). The Morgan fingerprint density at radius 3 is 2.53 bits per heavy atom. The molecule has 0 radical (unpaired) electrons. The Bertz CT molecular complexity index is 342. The van der Waals surface area contributed by atoms with Gasteiger partial charge in [0, 0.05) is 28.8 Å². The normalized spacial score (nSPS) is 14.0. The number of aryl methyl sites for hydroxylation is 1. The molecule has 0 saturated heterocycles. The Balaban J connectivity index is 2.82. The van der Waals surface area contributed by atoms with E-state index in [2.05, 4.69) is 54.7 Å². The molecule has 0 fully saturated rings. The number of nitrogens with zero attached hydrogens (tertiary/aromatic N) is 1. The van der Waals surface area contributed by atoms with E-state index in [1.54, 1.807) is 0 Å². The summed E-state index contributed by atoms with van der Waals surface area (Å²) in [4.78, 5) is 4.40. The summed E-state index contributed by atoms with van der Waals surface area (Å²) in [6, 6.07) is 2.22. The van der Waals surface area contributed by atoms with Gasteiger partial charge >= 0.3 is 0 Å². The van der Waals surface area contributed by atoms with Gasteiger partial charge in [0.05, 0.1) is 0 Å². The Labute approximate surface area is 100 Å². The van der Waals surface area contributed by atoms with Crippen molar-refractivity contribution in [1.82, 2.24) is 4.98 Å². The molecule has 2 N–H and O–H groups in total.